The van der Waals surface area contributed by atoms with Crippen LogP contribution >= 0.6 is 31.9 Å². The van der Waals surface area contributed by atoms with E-state index in [0.29, 0.717) is 6.42 Å². The molecule has 0 amide bonds. The number of methoxy groups -OCH3 is 1. The van der Waals surface area contributed by atoms with Crippen molar-refractivity contribution in [2.45, 2.75) is 17.9 Å². The molecule has 2 atom stereocenters. The Balaban J connectivity index is 2.02. The monoisotopic (exact) mass is 581 g/mol. The molecule has 0 aliphatic heterocycles. The van der Waals surface area contributed by atoms with Crippen LogP contribution in [0.15, 0.2) is 93.9 Å². The van der Waals surface area contributed by atoms with Crippen LogP contribution in [0.1, 0.15) is 29.0 Å². The Bertz CT molecular complexity index is 1280. The molecule has 4 rings (SSSR count). The van der Waals surface area contributed by atoms with Crippen molar-refractivity contribution in [3.63, 3.8) is 0 Å². The third kappa shape index (κ3) is 5.23. The lowest BCUT2D eigenvalue weighted by Gasteiger charge is -2.39. The van der Waals surface area contributed by atoms with E-state index in [0.717, 1.165) is 48.7 Å². The van der Waals surface area contributed by atoms with Crippen LogP contribution in [0.3, 0.4) is 0 Å². The molecule has 0 aliphatic carbocycles. The number of aliphatic hydroxyl groups is 1. The Morgan fingerprint density at radius 1 is 0.853 bits per heavy atom. The molecule has 4 aromatic rings. The Morgan fingerprint density at radius 2 is 1.59 bits per heavy atom. The summed E-state index contributed by atoms with van der Waals surface area (Å²) >= 11 is 7.22. The van der Waals surface area contributed by atoms with Crippen LogP contribution in [-0.4, -0.2) is 37.8 Å². The minimum Gasteiger partial charge on any atom is -0.496 e. The molecule has 34 heavy (non-hydrogen) atoms. The van der Waals surface area contributed by atoms with Gasteiger partial charge in [-0.2, -0.15) is 0 Å². The number of rotatable bonds is 8. The molecule has 0 heterocycles. The van der Waals surface area contributed by atoms with E-state index in [1.54, 1.807) is 7.11 Å². The van der Waals surface area contributed by atoms with Crippen LogP contribution in [0, 0.1) is 0 Å². The first kappa shape index (κ1) is 24.9. The molecule has 0 radical (unpaired) electrons. The second kappa shape index (κ2) is 10.6. The fourth-order valence-electron chi connectivity index (χ4n) is 4.63. The first-order chi connectivity index (χ1) is 16.3. The van der Waals surface area contributed by atoms with Gasteiger partial charge < -0.3 is 14.7 Å². The minimum absolute atomic E-state index is 0.346. The third-order valence-corrected chi connectivity index (χ3v) is 7.32. The van der Waals surface area contributed by atoms with E-state index >= 15 is 0 Å². The largest absolute Gasteiger partial charge is 0.496 e. The summed E-state index contributed by atoms with van der Waals surface area (Å²) in [5.74, 6) is 0.420. The van der Waals surface area contributed by atoms with Gasteiger partial charge >= 0.3 is 0 Å². The van der Waals surface area contributed by atoms with Gasteiger partial charge in [0.15, 0.2) is 0 Å². The van der Waals surface area contributed by atoms with Gasteiger partial charge in [-0.3, -0.25) is 0 Å². The second-order valence-corrected chi connectivity index (χ2v) is 10.7. The molecule has 1 N–H and O–H groups in total. The predicted molar refractivity (Wildman–Crippen MR) is 148 cm³/mol. The standard InChI is InChI=1S/C29H29Br2NO2/c1-32(2)15-14-29(33,23-10-7-11-24(30)19-23)28(20-8-5-4-6-9-20)26-17-22-16-25(31)13-12-21(22)18-27(26)34-3/h4-13,16-19,28,33H,14-15H2,1-3H3/t28-,29-/m1/s1. The Hall–Kier alpha value is -2.18. The van der Waals surface area contributed by atoms with Crippen molar-refractivity contribution < 1.29 is 9.84 Å². The zero-order chi connectivity index (χ0) is 24.3. The van der Waals surface area contributed by atoms with Gasteiger partial charge in [0.25, 0.3) is 0 Å². The highest BCUT2D eigenvalue weighted by Crippen LogP contribution is 2.48. The molecule has 3 nitrogen and oxygen atoms in total. The van der Waals surface area contributed by atoms with Crippen LogP contribution < -0.4 is 4.74 Å². The van der Waals surface area contributed by atoms with Crippen LogP contribution in [0.5, 0.6) is 5.75 Å². The van der Waals surface area contributed by atoms with Crippen molar-refractivity contribution in [1.29, 1.82) is 0 Å². The molecule has 5 heteroatoms. The van der Waals surface area contributed by atoms with Crippen molar-refractivity contribution >= 4 is 42.6 Å². The van der Waals surface area contributed by atoms with Gasteiger partial charge in [-0.15, -0.1) is 0 Å². The maximum absolute atomic E-state index is 12.7. The molecule has 176 valence electrons. The van der Waals surface area contributed by atoms with E-state index in [4.69, 9.17) is 4.74 Å². The zero-order valence-electron chi connectivity index (χ0n) is 19.6. The number of nitrogens with zero attached hydrogens (tertiary/aromatic N) is 1. The van der Waals surface area contributed by atoms with Gasteiger partial charge in [0.1, 0.15) is 11.4 Å². The fraction of sp³-hybridized carbons (Fsp3) is 0.241. The fourth-order valence-corrected chi connectivity index (χ4v) is 5.41. The maximum Gasteiger partial charge on any atom is 0.123 e. The van der Waals surface area contributed by atoms with Crippen LogP contribution in [0.25, 0.3) is 10.8 Å². The molecule has 4 aromatic carbocycles. The topological polar surface area (TPSA) is 32.7 Å². The molecule has 0 aliphatic rings. The second-order valence-electron chi connectivity index (χ2n) is 8.92. The maximum atomic E-state index is 12.7. The van der Waals surface area contributed by atoms with Gasteiger partial charge in [0.2, 0.25) is 0 Å². The van der Waals surface area contributed by atoms with Crippen molar-refractivity contribution in [3.05, 3.63) is 111 Å². The molecule has 0 bridgehead atoms. The first-order valence-electron chi connectivity index (χ1n) is 11.3. The molecular weight excluding hydrogens is 554 g/mol. The number of benzene rings is 4. The number of ether oxygens (including phenoxy) is 1. The molecule has 0 fully saturated rings. The summed E-state index contributed by atoms with van der Waals surface area (Å²) in [7, 11) is 5.77. The first-order valence-corrected chi connectivity index (χ1v) is 12.9. The van der Waals surface area contributed by atoms with E-state index in [9.17, 15) is 5.11 Å². The summed E-state index contributed by atoms with van der Waals surface area (Å²) in [6, 6.07) is 28.7. The van der Waals surface area contributed by atoms with Crippen LogP contribution in [-0.2, 0) is 5.60 Å². The molecule has 0 saturated heterocycles. The summed E-state index contributed by atoms with van der Waals surface area (Å²) in [5.41, 5.74) is 1.69. The highest BCUT2D eigenvalue weighted by molar-refractivity contribution is 9.10. The smallest absolute Gasteiger partial charge is 0.123 e. The van der Waals surface area contributed by atoms with Gasteiger partial charge in [-0.25, -0.2) is 0 Å². The minimum atomic E-state index is -1.18. The number of hydrogen-bond acceptors (Lipinski definition) is 3. The average Bonchev–Trinajstić information content (AvgIpc) is 2.83. The molecule has 0 aromatic heterocycles. The lowest BCUT2D eigenvalue weighted by Crippen LogP contribution is -2.37. The lowest BCUT2D eigenvalue weighted by molar-refractivity contribution is 0.00389. The van der Waals surface area contributed by atoms with Gasteiger partial charge in [0, 0.05) is 27.0 Å². The Kier molecular flexibility index (Phi) is 7.78. The predicted octanol–water partition coefficient (Wildman–Crippen LogP) is 7.34. The summed E-state index contributed by atoms with van der Waals surface area (Å²) in [5, 5.41) is 14.8. The van der Waals surface area contributed by atoms with Crippen LogP contribution in [0.4, 0.5) is 0 Å². The summed E-state index contributed by atoms with van der Waals surface area (Å²) < 4.78 is 7.88. The van der Waals surface area contributed by atoms with Crippen LogP contribution in [0.2, 0.25) is 0 Å². The van der Waals surface area contributed by atoms with Gasteiger partial charge in [0.05, 0.1) is 7.11 Å². The quantitative estimate of drug-likeness (QED) is 0.236. The number of fused-ring (bicyclic) bond motifs is 1. The number of hydrogen-bond donors (Lipinski definition) is 1. The third-order valence-electron chi connectivity index (χ3n) is 6.34. The van der Waals surface area contributed by atoms with E-state index in [1.165, 1.54) is 0 Å². The molecule has 0 spiro atoms. The molecule has 0 unspecified atom stereocenters. The van der Waals surface area contributed by atoms with Crippen molar-refractivity contribution in [1.82, 2.24) is 4.90 Å². The zero-order valence-corrected chi connectivity index (χ0v) is 22.8. The normalized spacial score (nSPS) is 14.2. The van der Waals surface area contributed by atoms with Crippen molar-refractivity contribution in [3.8, 4) is 5.75 Å². The van der Waals surface area contributed by atoms with E-state index in [1.807, 2.05) is 62.6 Å². The van der Waals surface area contributed by atoms with Gasteiger partial charge in [-0.1, -0.05) is 80.4 Å². The summed E-state index contributed by atoms with van der Waals surface area (Å²) in [6.07, 6.45) is 0.551. The van der Waals surface area contributed by atoms with E-state index in [-0.39, 0.29) is 5.92 Å². The summed E-state index contributed by atoms with van der Waals surface area (Å²) in [6.45, 7) is 0.730. The van der Waals surface area contributed by atoms with Crippen molar-refractivity contribution in [2.24, 2.45) is 0 Å². The van der Waals surface area contributed by atoms with Gasteiger partial charge in [-0.05, 0) is 78.8 Å². The van der Waals surface area contributed by atoms with E-state index < -0.39 is 5.60 Å². The Morgan fingerprint density at radius 3 is 2.26 bits per heavy atom. The average molecular weight is 583 g/mol. The molecule has 0 saturated carbocycles. The van der Waals surface area contributed by atoms with E-state index in [2.05, 4.69) is 73.2 Å². The summed E-state index contributed by atoms with van der Waals surface area (Å²) in [4.78, 5) is 2.11. The number of halogens is 2. The van der Waals surface area contributed by atoms with Crippen molar-refractivity contribution in [2.75, 3.05) is 27.7 Å². The highest BCUT2D eigenvalue weighted by Gasteiger charge is 2.42. The Labute approximate surface area is 218 Å². The SMILES string of the molecule is COc1cc2ccc(Br)cc2cc1[C@@H](c1ccccc1)[C@@](O)(CCN(C)C)c1cccc(Br)c1. The highest BCUT2D eigenvalue weighted by atomic mass is 79.9. The molecular formula is C29H29Br2NO2. The lowest BCUT2D eigenvalue weighted by atomic mass is 9.71.